The number of hydrogen-bond acceptors (Lipinski definition) is 9. The van der Waals surface area contributed by atoms with Gasteiger partial charge in [-0.1, -0.05) is 62.3 Å². The first-order valence-electron chi connectivity index (χ1n) is 24.3. The molecule has 358 valence electrons. The molecule has 3 saturated heterocycles. The van der Waals surface area contributed by atoms with E-state index >= 15 is 0 Å². The predicted octanol–water partition coefficient (Wildman–Crippen LogP) is 8.45. The van der Waals surface area contributed by atoms with E-state index < -0.39 is 0 Å². The molecule has 10 heteroatoms. The quantitative estimate of drug-likeness (QED) is 0.175. The van der Waals surface area contributed by atoms with Crippen molar-refractivity contribution in [1.29, 1.82) is 0 Å². The van der Waals surface area contributed by atoms with E-state index in [1.807, 2.05) is 25.7 Å². The smallest absolute Gasteiger partial charge is 0.248 e. The van der Waals surface area contributed by atoms with Gasteiger partial charge in [-0.05, 0) is 143 Å². The van der Waals surface area contributed by atoms with Gasteiger partial charge in [0, 0.05) is 90.6 Å². The van der Waals surface area contributed by atoms with Crippen molar-refractivity contribution >= 4 is 5.91 Å². The first kappa shape index (κ1) is 57.2. The molecule has 0 radical (unpaired) electrons. The molecule has 3 aliphatic rings. The Bertz CT molecular complexity index is 1050. The number of nitrogens with zero attached hydrogens (tertiary/aromatic N) is 6. The van der Waals surface area contributed by atoms with Gasteiger partial charge in [0.15, 0.2) is 0 Å². The Labute approximate surface area is 374 Å². The summed E-state index contributed by atoms with van der Waals surface area (Å²) in [7, 11) is 0. The van der Waals surface area contributed by atoms with Gasteiger partial charge in [-0.15, -0.1) is 0 Å². The summed E-state index contributed by atoms with van der Waals surface area (Å²) >= 11 is 0. The van der Waals surface area contributed by atoms with Crippen molar-refractivity contribution in [2.75, 3.05) is 131 Å². The molecule has 60 heavy (non-hydrogen) atoms. The van der Waals surface area contributed by atoms with E-state index in [0.29, 0.717) is 16.2 Å². The van der Waals surface area contributed by atoms with Crippen LogP contribution in [0, 0.1) is 16.2 Å². The van der Waals surface area contributed by atoms with Gasteiger partial charge < -0.3 is 34.4 Å². The average Bonchev–Trinajstić information content (AvgIpc) is 3.33. The van der Waals surface area contributed by atoms with Crippen molar-refractivity contribution in [2.45, 2.75) is 173 Å². The van der Waals surface area contributed by atoms with Gasteiger partial charge in [-0.25, -0.2) is 0 Å². The Morgan fingerprint density at radius 3 is 1.23 bits per heavy atom. The minimum atomic E-state index is -0.262. The molecule has 1 amide bonds. The van der Waals surface area contributed by atoms with Crippen LogP contribution < -0.4 is 5.32 Å². The van der Waals surface area contributed by atoms with Crippen LogP contribution in [0.25, 0.3) is 0 Å². The second kappa shape index (κ2) is 26.8. The summed E-state index contributed by atoms with van der Waals surface area (Å²) in [5.74, 6) is 0.0931. The molecule has 3 aliphatic heterocycles. The van der Waals surface area contributed by atoms with Crippen molar-refractivity contribution in [1.82, 2.24) is 34.7 Å². The van der Waals surface area contributed by atoms with Crippen LogP contribution in [0.15, 0.2) is 0 Å². The summed E-state index contributed by atoms with van der Waals surface area (Å²) in [6, 6.07) is 0. The van der Waals surface area contributed by atoms with Gasteiger partial charge in [0.25, 0.3) is 0 Å². The third kappa shape index (κ3) is 33.7. The molecule has 0 unspecified atom stereocenters. The normalized spacial score (nSPS) is 19.3. The highest BCUT2D eigenvalue weighted by molar-refractivity contribution is 5.77. The summed E-state index contributed by atoms with van der Waals surface area (Å²) in [4.78, 5) is 26.9. The summed E-state index contributed by atoms with van der Waals surface area (Å²) in [6.07, 6.45) is 6.65. The van der Waals surface area contributed by atoms with Crippen LogP contribution in [0.5, 0.6) is 0 Å². The highest BCUT2D eigenvalue weighted by Crippen LogP contribution is 2.22. The van der Waals surface area contributed by atoms with Crippen LogP contribution in [0.4, 0.5) is 0 Å². The monoisotopic (exact) mass is 852 g/mol. The zero-order valence-electron chi connectivity index (χ0n) is 43.6. The topological polar surface area (TPSA) is 67.0 Å². The highest BCUT2D eigenvalue weighted by Gasteiger charge is 2.24. The van der Waals surface area contributed by atoms with Crippen molar-refractivity contribution < 1.29 is 14.3 Å². The first-order valence-corrected chi connectivity index (χ1v) is 24.3. The Morgan fingerprint density at radius 2 is 0.833 bits per heavy atom. The lowest BCUT2D eigenvalue weighted by Gasteiger charge is -2.35. The number of ether oxygens (including phenoxy) is 2. The number of carbonyl (C=O) groups excluding carboxylic acids is 1. The molecule has 0 aromatic heterocycles. The maximum absolute atomic E-state index is 12.1. The van der Waals surface area contributed by atoms with Crippen LogP contribution >= 0.6 is 0 Å². The minimum absolute atomic E-state index is 0.0813. The molecular formula is C50H105N7O3. The third-order valence-corrected chi connectivity index (χ3v) is 11.3. The largest absolute Gasteiger partial charge is 0.375 e. The van der Waals surface area contributed by atoms with Gasteiger partial charge in [0.1, 0.15) is 6.61 Å². The molecule has 0 spiro atoms. The van der Waals surface area contributed by atoms with Crippen LogP contribution in [0.3, 0.4) is 0 Å². The van der Waals surface area contributed by atoms with Crippen molar-refractivity contribution in [3.05, 3.63) is 0 Å². The third-order valence-electron chi connectivity index (χ3n) is 11.3. The molecule has 10 nitrogen and oxygen atoms in total. The molecular weight excluding hydrogens is 747 g/mol. The Balaban J connectivity index is 0.000000451. The van der Waals surface area contributed by atoms with Crippen molar-refractivity contribution in [3.8, 4) is 0 Å². The van der Waals surface area contributed by atoms with Gasteiger partial charge in [0.05, 0.1) is 17.8 Å². The molecule has 3 heterocycles. The fraction of sp³-hybridized carbons (Fsp3) is 0.980. The Hall–Kier alpha value is -0.850. The molecule has 3 fully saturated rings. The SMILES string of the molecule is CC(C)(C)CCCN1CCN(CCNC(C)(C)C)CC1.CC(C)(C)CCN1CCCN(CCC(C)(C)C)CC1.CC(C)(C)OCCN1CCN(C(=O)COC(C)(C)C)CC1. The van der Waals surface area contributed by atoms with Crippen molar-refractivity contribution in [2.24, 2.45) is 16.2 Å². The van der Waals surface area contributed by atoms with E-state index in [1.165, 1.54) is 111 Å². The van der Waals surface area contributed by atoms with Gasteiger partial charge >= 0.3 is 0 Å². The molecule has 0 atom stereocenters. The molecule has 3 rings (SSSR count). The second-order valence-corrected chi connectivity index (χ2v) is 24.8. The maximum atomic E-state index is 12.1. The number of carbonyl (C=O) groups is 1. The standard InChI is InChI=1S/C17H37N3.C17H36N2.C16H32N2O3/c1-16(2,3)8-7-10-19-12-14-20(15-13-19)11-9-18-17(4,5)6;1-16(2,3)8-12-18-10-7-11-19(15-14-18)13-9-17(4,5)6;1-15(2,3)20-12-11-17-7-9-18(10-8-17)14(19)13-21-16(4,5)6/h18H,7-15H2,1-6H3;7-15H2,1-6H3;7-13H2,1-6H3. The van der Waals surface area contributed by atoms with Gasteiger partial charge in [0.2, 0.25) is 5.91 Å². The minimum Gasteiger partial charge on any atom is -0.375 e. The lowest BCUT2D eigenvalue weighted by molar-refractivity contribution is -0.142. The fourth-order valence-electron chi connectivity index (χ4n) is 7.19. The lowest BCUT2D eigenvalue weighted by Crippen LogP contribution is -2.50. The summed E-state index contributed by atoms with van der Waals surface area (Å²) in [5, 5.41) is 3.58. The van der Waals surface area contributed by atoms with Gasteiger partial charge in [-0.2, -0.15) is 0 Å². The molecule has 0 saturated carbocycles. The molecule has 1 N–H and O–H groups in total. The molecule has 0 aromatic rings. The summed E-state index contributed by atoms with van der Waals surface area (Å²) in [5.41, 5.74) is 1.33. The number of amides is 1. The van der Waals surface area contributed by atoms with E-state index in [1.54, 1.807) is 0 Å². The number of hydrogen-bond donors (Lipinski definition) is 1. The zero-order chi connectivity index (χ0) is 45.8. The molecule has 0 aliphatic carbocycles. The van der Waals surface area contributed by atoms with Crippen LogP contribution in [0.1, 0.15) is 157 Å². The first-order chi connectivity index (χ1) is 27.4. The Kier molecular flexibility index (Phi) is 25.6. The fourth-order valence-corrected chi connectivity index (χ4v) is 7.19. The van der Waals surface area contributed by atoms with Gasteiger partial charge in [-0.3, -0.25) is 14.6 Å². The molecule has 0 aromatic carbocycles. The number of rotatable bonds is 15. The Morgan fingerprint density at radius 1 is 0.450 bits per heavy atom. The average molecular weight is 852 g/mol. The number of nitrogens with one attached hydrogen (secondary N) is 1. The van der Waals surface area contributed by atoms with Crippen LogP contribution in [-0.2, 0) is 14.3 Å². The second-order valence-electron chi connectivity index (χ2n) is 24.8. The molecule has 0 bridgehead atoms. The maximum Gasteiger partial charge on any atom is 0.248 e. The van der Waals surface area contributed by atoms with Crippen molar-refractivity contribution in [3.63, 3.8) is 0 Å². The lowest BCUT2D eigenvalue weighted by atomic mass is 9.90. The van der Waals surface area contributed by atoms with Crippen LogP contribution in [-0.4, -0.2) is 183 Å². The number of piperazine rings is 2. The van der Waals surface area contributed by atoms with E-state index in [-0.39, 0.29) is 29.3 Å². The van der Waals surface area contributed by atoms with E-state index in [0.717, 1.165) is 45.9 Å². The predicted molar refractivity (Wildman–Crippen MR) is 259 cm³/mol. The zero-order valence-corrected chi connectivity index (χ0v) is 43.6. The highest BCUT2D eigenvalue weighted by atomic mass is 16.5. The summed E-state index contributed by atoms with van der Waals surface area (Å²) < 4.78 is 11.3. The van der Waals surface area contributed by atoms with E-state index in [4.69, 9.17) is 9.47 Å². The van der Waals surface area contributed by atoms with E-state index in [2.05, 4.69) is 134 Å². The summed E-state index contributed by atoms with van der Waals surface area (Å²) in [6.45, 7) is 61.4. The van der Waals surface area contributed by atoms with Crippen LogP contribution in [0.2, 0.25) is 0 Å². The van der Waals surface area contributed by atoms with E-state index in [9.17, 15) is 4.79 Å².